The summed E-state index contributed by atoms with van der Waals surface area (Å²) >= 11 is 1.33. The summed E-state index contributed by atoms with van der Waals surface area (Å²) < 4.78 is 0. The number of benzene rings is 1. The number of carboxylic acid groups (broad SMARTS) is 1. The molecule has 2 amide bonds. The fourth-order valence-electron chi connectivity index (χ4n) is 1.37. The summed E-state index contributed by atoms with van der Waals surface area (Å²) in [6.07, 6.45) is 0. The Morgan fingerprint density at radius 2 is 1.89 bits per heavy atom. The zero-order valence-corrected chi connectivity index (χ0v) is 10.8. The number of hydrogen-bond donors (Lipinski definition) is 3. The number of carbonyl (C=O) groups is 2. The summed E-state index contributed by atoms with van der Waals surface area (Å²) in [4.78, 5) is 26.4. The second kappa shape index (κ2) is 5.49. The Morgan fingerprint density at radius 3 is 2.42 bits per heavy atom. The van der Waals surface area contributed by atoms with Gasteiger partial charge in [0.2, 0.25) is 0 Å². The van der Waals surface area contributed by atoms with E-state index in [9.17, 15) is 9.59 Å². The highest BCUT2D eigenvalue weighted by Crippen LogP contribution is 2.15. The number of aromatic carboxylic acids is 1. The zero-order valence-electron chi connectivity index (χ0n) is 10.0. The van der Waals surface area contributed by atoms with Crippen LogP contribution < -0.4 is 10.6 Å². The Balaban J connectivity index is 1.97. The predicted octanol–water partition coefficient (Wildman–Crippen LogP) is 2.79. The first-order valence-corrected chi connectivity index (χ1v) is 6.26. The summed E-state index contributed by atoms with van der Waals surface area (Å²) in [5, 5.41) is 16.3. The van der Waals surface area contributed by atoms with Gasteiger partial charge in [-0.15, -0.1) is 11.3 Å². The summed E-state index contributed by atoms with van der Waals surface area (Å²) in [5.41, 5.74) is 1.52. The Labute approximate surface area is 113 Å². The molecule has 0 unspecified atom stereocenters. The van der Waals surface area contributed by atoms with Gasteiger partial charge in [0.15, 0.2) is 5.13 Å². The summed E-state index contributed by atoms with van der Waals surface area (Å²) in [5.74, 6) is -1.01. The number of aromatic nitrogens is 1. The molecular weight excluding hydrogens is 266 g/mol. The number of carboxylic acids is 1. The van der Waals surface area contributed by atoms with E-state index in [0.717, 1.165) is 5.69 Å². The van der Waals surface area contributed by atoms with E-state index in [1.165, 1.54) is 35.6 Å². The van der Waals surface area contributed by atoms with Gasteiger partial charge in [0, 0.05) is 11.1 Å². The molecule has 6 nitrogen and oxygen atoms in total. The Bertz CT molecular complexity index is 607. The zero-order chi connectivity index (χ0) is 13.8. The van der Waals surface area contributed by atoms with Crippen molar-refractivity contribution in [1.29, 1.82) is 0 Å². The number of amides is 2. The number of urea groups is 1. The molecule has 1 aromatic carbocycles. The fourth-order valence-corrected chi connectivity index (χ4v) is 2.05. The van der Waals surface area contributed by atoms with Gasteiger partial charge in [-0.3, -0.25) is 5.32 Å². The maximum atomic E-state index is 11.6. The smallest absolute Gasteiger partial charge is 0.335 e. The summed E-state index contributed by atoms with van der Waals surface area (Å²) in [6.45, 7) is 1.84. The van der Waals surface area contributed by atoms with E-state index < -0.39 is 12.0 Å². The molecule has 0 aliphatic rings. The van der Waals surface area contributed by atoms with E-state index in [-0.39, 0.29) is 5.56 Å². The number of thiazole rings is 1. The van der Waals surface area contributed by atoms with Crippen LogP contribution in [0.1, 0.15) is 16.1 Å². The predicted molar refractivity (Wildman–Crippen MR) is 72.9 cm³/mol. The highest BCUT2D eigenvalue weighted by Gasteiger charge is 2.06. The van der Waals surface area contributed by atoms with Crippen LogP contribution in [0.2, 0.25) is 0 Å². The van der Waals surface area contributed by atoms with Crippen LogP contribution in [0.15, 0.2) is 29.6 Å². The van der Waals surface area contributed by atoms with Crippen molar-refractivity contribution in [2.75, 3.05) is 10.6 Å². The van der Waals surface area contributed by atoms with Crippen molar-refractivity contribution >= 4 is 34.2 Å². The van der Waals surface area contributed by atoms with Crippen molar-refractivity contribution in [3.05, 3.63) is 40.9 Å². The van der Waals surface area contributed by atoms with Crippen LogP contribution >= 0.6 is 11.3 Å². The van der Waals surface area contributed by atoms with Gasteiger partial charge in [0.1, 0.15) is 0 Å². The molecule has 0 saturated carbocycles. The minimum Gasteiger partial charge on any atom is -0.478 e. The molecule has 0 spiro atoms. The van der Waals surface area contributed by atoms with Crippen molar-refractivity contribution in [2.45, 2.75) is 6.92 Å². The summed E-state index contributed by atoms with van der Waals surface area (Å²) in [7, 11) is 0. The van der Waals surface area contributed by atoms with Gasteiger partial charge in [0.05, 0.1) is 11.3 Å². The number of carbonyl (C=O) groups excluding carboxylic acids is 1. The van der Waals surface area contributed by atoms with Crippen LogP contribution in [-0.4, -0.2) is 22.1 Å². The molecule has 0 fully saturated rings. The third-order valence-electron chi connectivity index (χ3n) is 2.23. The lowest BCUT2D eigenvalue weighted by atomic mass is 10.2. The molecule has 7 heteroatoms. The minimum absolute atomic E-state index is 0.168. The number of nitrogens with one attached hydrogen (secondary N) is 2. The van der Waals surface area contributed by atoms with E-state index in [1.54, 1.807) is 0 Å². The lowest BCUT2D eigenvalue weighted by Crippen LogP contribution is -2.19. The molecule has 1 aromatic heterocycles. The van der Waals surface area contributed by atoms with Crippen molar-refractivity contribution in [1.82, 2.24) is 4.98 Å². The first-order chi connectivity index (χ1) is 9.04. The number of rotatable bonds is 3. The lowest BCUT2D eigenvalue weighted by molar-refractivity contribution is 0.0697. The molecule has 0 bridgehead atoms. The van der Waals surface area contributed by atoms with Crippen LogP contribution in [0, 0.1) is 6.92 Å². The third kappa shape index (κ3) is 3.52. The minimum atomic E-state index is -1.01. The second-order valence-electron chi connectivity index (χ2n) is 3.76. The maximum Gasteiger partial charge on any atom is 0.335 e. The topological polar surface area (TPSA) is 91.3 Å². The second-order valence-corrected chi connectivity index (χ2v) is 4.61. The average molecular weight is 277 g/mol. The van der Waals surface area contributed by atoms with Gasteiger partial charge in [-0.25, -0.2) is 14.6 Å². The molecular formula is C12H11N3O3S. The molecule has 98 valence electrons. The molecule has 3 N–H and O–H groups in total. The summed E-state index contributed by atoms with van der Waals surface area (Å²) in [6, 6.07) is 5.47. The maximum absolute atomic E-state index is 11.6. The molecule has 2 aromatic rings. The number of aryl methyl sites for hydroxylation is 1. The van der Waals surface area contributed by atoms with Crippen molar-refractivity contribution in [3.63, 3.8) is 0 Å². The normalized spacial score (nSPS) is 9.95. The molecule has 19 heavy (non-hydrogen) atoms. The number of anilines is 2. The number of nitrogens with zero attached hydrogens (tertiary/aromatic N) is 1. The fraction of sp³-hybridized carbons (Fsp3) is 0.0833. The quantitative estimate of drug-likeness (QED) is 0.804. The van der Waals surface area contributed by atoms with E-state index >= 15 is 0 Å². The third-order valence-corrected chi connectivity index (χ3v) is 3.10. The Morgan fingerprint density at radius 1 is 1.21 bits per heavy atom. The molecule has 0 aliphatic heterocycles. The van der Waals surface area contributed by atoms with Gasteiger partial charge >= 0.3 is 12.0 Å². The molecule has 0 radical (unpaired) electrons. The average Bonchev–Trinajstić information content (AvgIpc) is 2.75. The van der Waals surface area contributed by atoms with Crippen molar-refractivity contribution < 1.29 is 14.7 Å². The Hall–Kier alpha value is -2.41. The largest absolute Gasteiger partial charge is 0.478 e. The van der Waals surface area contributed by atoms with E-state index in [2.05, 4.69) is 15.6 Å². The van der Waals surface area contributed by atoms with Gasteiger partial charge in [-0.1, -0.05) is 0 Å². The van der Waals surface area contributed by atoms with Crippen LogP contribution in [0.4, 0.5) is 15.6 Å². The van der Waals surface area contributed by atoms with Gasteiger partial charge in [-0.2, -0.15) is 0 Å². The van der Waals surface area contributed by atoms with Gasteiger partial charge < -0.3 is 10.4 Å². The highest BCUT2D eigenvalue weighted by atomic mass is 32.1. The molecule has 1 heterocycles. The van der Waals surface area contributed by atoms with E-state index in [1.807, 2.05) is 12.3 Å². The van der Waals surface area contributed by atoms with Crippen molar-refractivity contribution in [2.24, 2.45) is 0 Å². The van der Waals surface area contributed by atoms with Gasteiger partial charge in [-0.05, 0) is 31.2 Å². The lowest BCUT2D eigenvalue weighted by Gasteiger charge is -2.05. The highest BCUT2D eigenvalue weighted by molar-refractivity contribution is 7.13. The molecule has 0 saturated heterocycles. The van der Waals surface area contributed by atoms with Crippen LogP contribution in [0.5, 0.6) is 0 Å². The first kappa shape index (κ1) is 13.0. The number of hydrogen-bond acceptors (Lipinski definition) is 4. The van der Waals surface area contributed by atoms with Crippen LogP contribution in [-0.2, 0) is 0 Å². The Kier molecular flexibility index (Phi) is 3.76. The van der Waals surface area contributed by atoms with Gasteiger partial charge in [0.25, 0.3) is 0 Å². The molecule has 0 atom stereocenters. The standard InChI is InChI=1S/C12H11N3O3S/c1-7-6-19-12(13-7)15-11(18)14-9-4-2-8(3-5-9)10(16)17/h2-6H,1H3,(H,16,17)(H2,13,14,15,18). The van der Waals surface area contributed by atoms with Crippen molar-refractivity contribution in [3.8, 4) is 0 Å². The SMILES string of the molecule is Cc1csc(NC(=O)Nc2ccc(C(=O)O)cc2)n1. The molecule has 0 aliphatic carbocycles. The van der Waals surface area contributed by atoms with Crippen LogP contribution in [0.3, 0.4) is 0 Å². The van der Waals surface area contributed by atoms with E-state index in [4.69, 9.17) is 5.11 Å². The van der Waals surface area contributed by atoms with Crippen LogP contribution in [0.25, 0.3) is 0 Å². The van der Waals surface area contributed by atoms with E-state index in [0.29, 0.717) is 10.8 Å². The first-order valence-electron chi connectivity index (χ1n) is 5.38. The monoisotopic (exact) mass is 277 g/mol. The molecule has 2 rings (SSSR count).